The van der Waals surface area contributed by atoms with E-state index in [9.17, 15) is 0 Å². The first kappa shape index (κ1) is 12.3. The maximum atomic E-state index is 4.24. The summed E-state index contributed by atoms with van der Waals surface area (Å²) in [6, 6.07) is 0.778. The Morgan fingerprint density at radius 2 is 2.07 bits per heavy atom. The van der Waals surface area contributed by atoms with Gasteiger partial charge in [0.2, 0.25) is 0 Å². The van der Waals surface area contributed by atoms with Gasteiger partial charge in [0.25, 0.3) is 0 Å². The van der Waals surface area contributed by atoms with Gasteiger partial charge in [-0.1, -0.05) is 6.92 Å². The second kappa shape index (κ2) is 6.70. The predicted molar refractivity (Wildman–Crippen MR) is 66.2 cm³/mol. The lowest BCUT2D eigenvalue weighted by Crippen LogP contribution is -2.51. The number of hydrogen-bond acceptors (Lipinski definition) is 3. The smallest absolute Gasteiger partial charge is 0.0218 e. The van der Waals surface area contributed by atoms with E-state index < -0.39 is 0 Å². The van der Waals surface area contributed by atoms with Crippen molar-refractivity contribution in [2.75, 3.05) is 39.0 Å². The van der Waals surface area contributed by atoms with Crippen molar-refractivity contribution in [2.24, 2.45) is 0 Å². The van der Waals surface area contributed by atoms with Crippen LogP contribution in [0.25, 0.3) is 0 Å². The van der Waals surface area contributed by atoms with E-state index >= 15 is 0 Å². The zero-order valence-corrected chi connectivity index (χ0v) is 10.5. The minimum Gasteiger partial charge on any atom is -0.301 e. The summed E-state index contributed by atoms with van der Waals surface area (Å²) in [4.78, 5) is 5.10. The number of hydrogen-bond donors (Lipinski definition) is 1. The molecule has 1 saturated heterocycles. The molecule has 0 aliphatic carbocycles. The fourth-order valence-electron chi connectivity index (χ4n) is 2.10. The predicted octanol–water partition coefficient (Wildman–Crippen LogP) is 1.72. The summed E-state index contributed by atoms with van der Waals surface area (Å²) in [5.41, 5.74) is 0. The van der Waals surface area contributed by atoms with Gasteiger partial charge in [0.15, 0.2) is 0 Å². The largest absolute Gasteiger partial charge is 0.301 e. The molecule has 2 nitrogen and oxygen atoms in total. The summed E-state index contributed by atoms with van der Waals surface area (Å²) in [7, 11) is 2.25. The minimum absolute atomic E-state index is 0.778. The van der Waals surface area contributed by atoms with Gasteiger partial charge in [-0.2, -0.15) is 12.6 Å². The monoisotopic (exact) mass is 216 g/mol. The number of likely N-dealkylation sites (N-methyl/N-ethyl adjacent to an activating group) is 1. The molecule has 3 heteroatoms. The zero-order valence-electron chi connectivity index (χ0n) is 9.58. The van der Waals surface area contributed by atoms with Gasteiger partial charge in [0.05, 0.1) is 0 Å². The van der Waals surface area contributed by atoms with Crippen LogP contribution in [0.5, 0.6) is 0 Å². The normalized spacial score (nSPS) is 25.5. The molecule has 14 heavy (non-hydrogen) atoms. The Hall–Kier alpha value is 0.270. The quantitative estimate of drug-likeness (QED) is 0.552. The second-order valence-corrected chi connectivity index (χ2v) is 4.72. The first-order valence-electron chi connectivity index (χ1n) is 5.81. The maximum absolute atomic E-state index is 4.24. The van der Waals surface area contributed by atoms with Crippen LogP contribution in [0.3, 0.4) is 0 Å². The molecule has 84 valence electrons. The SMILES string of the molecule is CCC1CN(CCCCS)CCN1C. The van der Waals surface area contributed by atoms with Crippen LogP contribution in [0.4, 0.5) is 0 Å². The molecule has 0 saturated carbocycles. The van der Waals surface area contributed by atoms with E-state index in [1.165, 1.54) is 45.4 Å². The van der Waals surface area contributed by atoms with Crippen molar-refractivity contribution >= 4 is 12.6 Å². The van der Waals surface area contributed by atoms with Crippen LogP contribution < -0.4 is 0 Å². The van der Waals surface area contributed by atoms with Crippen LogP contribution in [0, 0.1) is 0 Å². The van der Waals surface area contributed by atoms with Gasteiger partial charge in [0, 0.05) is 25.7 Å². The Kier molecular flexibility index (Phi) is 5.90. The molecule has 0 spiro atoms. The van der Waals surface area contributed by atoms with Crippen LogP contribution >= 0.6 is 12.6 Å². The van der Waals surface area contributed by atoms with Crippen LogP contribution in [0.2, 0.25) is 0 Å². The molecule has 1 rings (SSSR count). The van der Waals surface area contributed by atoms with E-state index in [0.29, 0.717) is 0 Å². The molecule has 0 bridgehead atoms. The standard InChI is InChI=1S/C11H24N2S/c1-3-11-10-13(6-4-5-9-14)8-7-12(11)2/h11,14H,3-10H2,1-2H3. The van der Waals surface area contributed by atoms with E-state index in [1.807, 2.05) is 0 Å². The fraction of sp³-hybridized carbons (Fsp3) is 1.00. The molecule has 1 fully saturated rings. The van der Waals surface area contributed by atoms with Gasteiger partial charge in [0.1, 0.15) is 0 Å². The highest BCUT2D eigenvalue weighted by Crippen LogP contribution is 2.11. The van der Waals surface area contributed by atoms with Crippen LogP contribution in [-0.4, -0.2) is 54.8 Å². The molecule has 0 amide bonds. The minimum atomic E-state index is 0.778. The topological polar surface area (TPSA) is 6.48 Å². The fourth-order valence-corrected chi connectivity index (χ4v) is 2.33. The maximum Gasteiger partial charge on any atom is 0.0218 e. The van der Waals surface area contributed by atoms with Crippen molar-refractivity contribution in [2.45, 2.75) is 32.2 Å². The molecular formula is C11H24N2S. The van der Waals surface area contributed by atoms with E-state index in [-0.39, 0.29) is 0 Å². The molecule has 0 radical (unpaired) electrons. The zero-order chi connectivity index (χ0) is 10.4. The number of nitrogens with zero attached hydrogens (tertiary/aromatic N) is 2. The lowest BCUT2D eigenvalue weighted by atomic mass is 10.1. The van der Waals surface area contributed by atoms with Crippen LogP contribution in [0.15, 0.2) is 0 Å². The Morgan fingerprint density at radius 1 is 1.29 bits per heavy atom. The summed E-state index contributed by atoms with van der Waals surface area (Å²) in [5.74, 6) is 1.03. The first-order valence-corrected chi connectivity index (χ1v) is 6.44. The third kappa shape index (κ3) is 3.79. The summed E-state index contributed by atoms with van der Waals surface area (Å²) in [6.45, 7) is 7.31. The van der Waals surface area contributed by atoms with Crippen LogP contribution in [-0.2, 0) is 0 Å². The van der Waals surface area contributed by atoms with Gasteiger partial charge in [-0.25, -0.2) is 0 Å². The van der Waals surface area contributed by atoms with Gasteiger partial charge < -0.3 is 9.80 Å². The molecule has 1 atom stereocenters. The van der Waals surface area contributed by atoms with Crippen molar-refractivity contribution in [1.29, 1.82) is 0 Å². The average molecular weight is 216 g/mol. The molecule has 1 unspecified atom stereocenters. The summed E-state index contributed by atoms with van der Waals surface area (Å²) in [5, 5.41) is 0. The van der Waals surface area contributed by atoms with Gasteiger partial charge in [-0.05, 0) is 38.6 Å². The van der Waals surface area contributed by atoms with Crippen molar-refractivity contribution < 1.29 is 0 Å². The Morgan fingerprint density at radius 3 is 2.71 bits per heavy atom. The van der Waals surface area contributed by atoms with Gasteiger partial charge in [-0.15, -0.1) is 0 Å². The molecule has 0 aromatic carbocycles. The third-order valence-electron chi connectivity index (χ3n) is 3.21. The summed E-state index contributed by atoms with van der Waals surface area (Å²) >= 11 is 4.24. The number of rotatable bonds is 5. The highest BCUT2D eigenvalue weighted by molar-refractivity contribution is 7.80. The summed E-state index contributed by atoms with van der Waals surface area (Å²) in [6.07, 6.45) is 3.84. The van der Waals surface area contributed by atoms with E-state index in [2.05, 4.69) is 36.4 Å². The molecular weight excluding hydrogens is 192 g/mol. The Labute approximate surface area is 94.1 Å². The van der Waals surface area contributed by atoms with Crippen molar-refractivity contribution in [3.63, 3.8) is 0 Å². The Balaban J connectivity index is 2.21. The van der Waals surface area contributed by atoms with E-state index in [0.717, 1.165) is 11.8 Å². The highest BCUT2D eigenvalue weighted by atomic mass is 32.1. The van der Waals surface area contributed by atoms with Crippen LogP contribution in [0.1, 0.15) is 26.2 Å². The molecule has 1 heterocycles. The highest BCUT2D eigenvalue weighted by Gasteiger charge is 2.21. The van der Waals surface area contributed by atoms with Gasteiger partial charge in [-0.3, -0.25) is 0 Å². The van der Waals surface area contributed by atoms with Crippen molar-refractivity contribution in [3.05, 3.63) is 0 Å². The first-order chi connectivity index (χ1) is 6.77. The molecule has 0 N–H and O–H groups in total. The lowest BCUT2D eigenvalue weighted by Gasteiger charge is -2.39. The van der Waals surface area contributed by atoms with Crippen molar-refractivity contribution in [3.8, 4) is 0 Å². The Bertz CT molecular complexity index is 152. The third-order valence-corrected chi connectivity index (χ3v) is 3.53. The lowest BCUT2D eigenvalue weighted by molar-refractivity contribution is 0.0924. The molecule has 1 aliphatic rings. The van der Waals surface area contributed by atoms with E-state index in [4.69, 9.17) is 0 Å². The van der Waals surface area contributed by atoms with E-state index in [1.54, 1.807) is 0 Å². The van der Waals surface area contributed by atoms with Crippen molar-refractivity contribution in [1.82, 2.24) is 9.80 Å². The number of thiol groups is 1. The number of piperazine rings is 1. The van der Waals surface area contributed by atoms with Gasteiger partial charge >= 0.3 is 0 Å². The molecule has 0 aromatic rings. The second-order valence-electron chi connectivity index (χ2n) is 4.27. The molecule has 0 aromatic heterocycles. The summed E-state index contributed by atoms with van der Waals surface area (Å²) < 4.78 is 0. The number of unbranched alkanes of at least 4 members (excludes halogenated alkanes) is 1. The molecule has 1 aliphatic heterocycles. The average Bonchev–Trinajstić information content (AvgIpc) is 2.21.